The minimum absolute atomic E-state index is 0.0744. The zero-order valence-corrected chi connectivity index (χ0v) is 16.8. The molecule has 3 aromatic heterocycles. The highest BCUT2D eigenvalue weighted by Gasteiger charge is 2.15. The van der Waals surface area contributed by atoms with Crippen LogP contribution in [-0.2, 0) is 12.8 Å². The van der Waals surface area contributed by atoms with E-state index in [1.54, 1.807) is 25.0 Å². The van der Waals surface area contributed by atoms with Crippen LogP contribution in [0.15, 0.2) is 70.9 Å². The molecule has 0 aliphatic carbocycles. The van der Waals surface area contributed by atoms with Crippen molar-refractivity contribution in [2.75, 3.05) is 0 Å². The van der Waals surface area contributed by atoms with Crippen molar-refractivity contribution < 1.29 is 0 Å². The van der Waals surface area contributed by atoms with Crippen LogP contribution in [0.25, 0.3) is 22.4 Å². The summed E-state index contributed by atoms with van der Waals surface area (Å²) in [5.74, 6) is 1.88. The molecule has 0 amide bonds. The molecule has 0 spiro atoms. The van der Waals surface area contributed by atoms with Crippen LogP contribution in [0.4, 0.5) is 0 Å². The van der Waals surface area contributed by atoms with Gasteiger partial charge in [0, 0.05) is 25.1 Å². The lowest BCUT2D eigenvalue weighted by Gasteiger charge is -2.09. The molecule has 0 fully saturated rings. The van der Waals surface area contributed by atoms with Gasteiger partial charge in [0.1, 0.15) is 5.82 Å². The Kier molecular flexibility index (Phi) is 4.21. The lowest BCUT2D eigenvalue weighted by Crippen LogP contribution is -2.20. The fraction of sp³-hybridized carbons (Fsp3) is 0.143. The molecule has 2 aromatic carbocycles. The van der Waals surface area contributed by atoms with E-state index in [0.29, 0.717) is 16.9 Å². The Morgan fingerprint density at radius 1 is 1.07 bits per heavy atom. The highest BCUT2D eigenvalue weighted by Crippen LogP contribution is 2.25. The molecule has 8 heteroatoms. The summed E-state index contributed by atoms with van der Waals surface area (Å²) in [4.78, 5) is 17.1. The van der Waals surface area contributed by atoms with E-state index in [1.165, 1.54) is 10.1 Å². The average Bonchev–Trinajstić information content (AvgIpc) is 3.37. The molecule has 0 bridgehead atoms. The van der Waals surface area contributed by atoms with E-state index in [2.05, 4.69) is 44.9 Å². The van der Waals surface area contributed by atoms with E-state index in [9.17, 15) is 4.79 Å². The summed E-state index contributed by atoms with van der Waals surface area (Å²) in [5, 5.41) is 10.1. The van der Waals surface area contributed by atoms with Crippen molar-refractivity contribution in [2.45, 2.75) is 17.8 Å². The number of rotatable bonds is 4. The molecule has 0 aliphatic heterocycles. The van der Waals surface area contributed by atoms with E-state index >= 15 is 0 Å². The number of benzene rings is 2. The van der Waals surface area contributed by atoms with Crippen LogP contribution >= 0.6 is 11.8 Å². The fourth-order valence-corrected chi connectivity index (χ4v) is 4.37. The Morgan fingerprint density at radius 3 is 2.79 bits per heavy atom. The van der Waals surface area contributed by atoms with Gasteiger partial charge < -0.3 is 0 Å². The third-order valence-electron chi connectivity index (χ3n) is 4.91. The molecule has 0 atom stereocenters. The first kappa shape index (κ1) is 17.7. The number of para-hydroxylation sites is 1. The van der Waals surface area contributed by atoms with Gasteiger partial charge in [0.05, 0.1) is 16.7 Å². The number of nitrogens with zero attached hydrogens (tertiary/aromatic N) is 6. The summed E-state index contributed by atoms with van der Waals surface area (Å²) in [6.07, 6.45) is 3.75. The van der Waals surface area contributed by atoms with Crippen LogP contribution in [0.2, 0.25) is 0 Å². The summed E-state index contributed by atoms with van der Waals surface area (Å²) in [7, 11) is 1.72. The van der Waals surface area contributed by atoms with Gasteiger partial charge in [-0.15, -0.1) is 10.2 Å². The molecule has 3 heterocycles. The summed E-state index contributed by atoms with van der Waals surface area (Å²) in [6.45, 7) is 2.07. The maximum absolute atomic E-state index is 12.6. The second kappa shape index (κ2) is 6.89. The number of thioether (sulfide) groups is 1. The van der Waals surface area contributed by atoms with E-state index in [0.717, 1.165) is 22.2 Å². The molecular formula is C21H18N6OS. The van der Waals surface area contributed by atoms with Gasteiger partial charge in [0.25, 0.3) is 5.56 Å². The Labute approximate surface area is 170 Å². The molecule has 0 saturated heterocycles. The zero-order chi connectivity index (χ0) is 20.0. The van der Waals surface area contributed by atoms with Crippen molar-refractivity contribution in [2.24, 2.45) is 7.05 Å². The van der Waals surface area contributed by atoms with E-state index in [-0.39, 0.29) is 5.56 Å². The first-order valence-corrected chi connectivity index (χ1v) is 10.2. The van der Waals surface area contributed by atoms with Gasteiger partial charge in [0.2, 0.25) is 5.78 Å². The predicted molar refractivity (Wildman–Crippen MR) is 114 cm³/mol. The van der Waals surface area contributed by atoms with Gasteiger partial charge in [-0.05, 0) is 36.8 Å². The summed E-state index contributed by atoms with van der Waals surface area (Å²) >= 11 is 1.59. The van der Waals surface area contributed by atoms with Gasteiger partial charge in [-0.1, -0.05) is 36.0 Å². The Hall–Kier alpha value is -3.39. The van der Waals surface area contributed by atoms with E-state index in [1.807, 2.05) is 40.9 Å². The normalized spacial score (nSPS) is 11.5. The molecular weight excluding hydrogens is 384 g/mol. The molecule has 0 aliphatic rings. The van der Waals surface area contributed by atoms with Crippen molar-refractivity contribution in [3.8, 4) is 5.69 Å². The topological polar surface area (TPSA) is 70.0 Å². The quantitative estimate of drug-likeness (QED) is 0.431. The van der Waals surface area contributed by atoms with Crippen molar-refractivity contribution in [3.63, 3.8) is 0 Å². The second-order valence-corrected chi connectivity index (χ2v) is 7.78. The van der Waals surface area contributed by atoms with E-state index < -0.39 is 0 Å². The standard InChI is InChI=1S/C21H18N6OS/c1-14-6-5-7-15(12-14)26-11-10-22-21(26)29-13-18-23-24-20-25(2)19(28)16-8-3-4-9-17(16)27(18)20/h3-12H,13H2,1-2H3. The first-order chi connectivity index (χ1) is 14.1. The van der Waals surface area contributed by atoms with Crippen molar-refractivity contribution in [3.05, 3.63) is 82.7 Å². The predicted octanol–water partition coefficient (Wildman–Crippen LogP) is 3.37. The van der Waals surface area contributed by atoms with Crippen LogP contribution in [0.3, 0.4) is 0 Å². The number of hydrogen-bond acceptors (Lipinski definition) is 5. The number of imidazole rings is 1. The molecule has 144 valence electrons. The second-order valence-electron chi connectivity index (χ2n) is 6.84. The summed E-state index contributed by atoms with van der Waals surface area (Å²) in [5.41, 5.74) is 3.01. The number of aryl methyl sites for hydroxylation is 2. The highest BCUT2D eigenvalue weighted by atomic mass is 32.2. The molecule has 7 nitrogen and oxygen atoms in total. The molecule has 0 unspecified atom stereocenters. The van der Waals surface area contributed by atoms with Gasteiger partial charge in [-0.3, -0.25) is 18.3 Å². The molecule has 29 heavy (non-hydrogen) atoms. The largest absolute Gasteiger partial charge is 0.295 e. The number of fused-ring (bicyclic) bond motifs is 3. The SMILES string of the molecule is Cc1cccc(-n2ccnc2SCc2nnc3n(C)c(=O)c4ccccc4n23)c1. The Balaban J connectivity index is 1.55. The maximum Gasteiger partial charge on any atom is 0.262 e. The van der Waals surface area contributed by atoms with Crippen molar-refractivity contribution in [1.29, 1.82) is 0 Å². The minimum atomic E-state index is -0.0744. The first-order valence-electron chi connectivity index (χ1n) is 9.18. The summed E-state index contributed by atoms with van der Waals surface area (Å²) < 4.78 is 5.55. The lowest BCUT2D eigenvalue weighted by molar-refractivity contribution is 0.857. The fourth-order valence-electron chi connectivity index (χ4n) is 3.49. The Bertz CT molecular complexity index is 1410. The third-order valence-corrected chi connectivity index (χ3v) is 5.87. The molecule has 0 radical (unpaired) electrons. The van der Waals surface area contributed by atoms with Crippen LogP contribution < -0.4 is 5.56 Å². The molecule has 0 saturated carbocycles. The number of aromatic nitrogens is 6. The molecule has 0 N–H and O–H groups in total. The lowest BCUT2D eigenvalue weighted by atomic mass is 10.2. The van der Waals surface area contributed by atoms with Crippen molar-refractivity contribution in [1.82, 2.24) is 28.7 Å². The molecule has 5 aromatic rings. The monoisotopic (exact) mass is 402 g/mol. The van der Waals surface area contributed by atoms with Crippen LogP contribution in [0.5, 0.6) is 0 Å². The average molecular weight is 402 g/mol. The van der Waals surface area contributed by atoms with Gasteiger partial charge in [-0.25, -0.2) is 4.98 Å². The van der Waals surface area contributed by atoms with Crippen LogP contribution in [-0.4, -0.2) is 28.7 Å². The van der Waals surface area contributed by atoms with Gasteiger partial charge >= 0.3 is 0 Å². The zero-order valence-electron chi connectivity index (χ0n) is 16.0. The maximum atomic E-state index is 12.6. The van der Waals surface area contributed by atoms with Gasteiger partial charge in [-0.2, -0.15) is 0 Å². The Morgan fingerprint density at radius 2 is 1.93 bits per heavy atom. The van der Waals surface area contributed by atoms with Gasteiger partial charge in [0.15, 0.2) is 5.16 Å². The minimum Gasteiger partial charge on any atom is -0.295 e. The van der Waals surface area contributed by atoms with Crippen molar-refractivity contribution >= 4 is 28.4 Å². The smallest absolute Gasteiger partial charge is 0.262 e. The van der Waals surface area contributed by atoms with Crippen LogP contribution in [0.1, 0.15) is 11.4 Å². The van der Waals surface area contributed by atoms with Crippen LogP contribution in [0, 0.1) is 6.92 Å². The third kappa shape index (κ3) is 2.92. The number of hydrogen-bond donors (Lipinski definition) is 0. The van der Waals surface area contributed by atoms with E-state index in [4.69, 9.17) is 0 Å². The highest BCUT2D eigenvalue weighted by molar-refractivity contribution is 7.98. The molecule has 5 rings (SSSR count). The summed E-state index contributed by atoms with van der Waals surface area (Å²) in [6, 6.07) is 15.8.